The zero-order valence-electron chi connectivity index (χ0n) is 9.37. The zero-order chi connectivity index (χ0) is 9.71. The SMILES string of the molecule is CC1CC(N2CC3CNCC3C2C)C1. The molecule has 0 amide bonds. The molecule has 2 saturated heterocycles. The average Bonchev–Trinajstić information content (AvgIpc) is 2.64. The average molecular weight is 194 g/mol. The van der Waals surface area contributed by atoms with Crippen molar-refractivity contribution in [1.29, 1.82) is 0 Å². The second kappa shape index (κ2) is 3.21. The molecule has 2 heterocycles. The molecule has 1 saturated carbocycles. The van der Waals surface area contributed by atoms with Crippen LogP contribution in [0.25, 0.3) is 0 Å². The minimum Gasteiger partial charge on any atom is -0.316 e. The molecule has 80 valence electrons. The third kappa shape index (κ3) is 1.24. The fourth-order valence-electron chi connectivity index (χ4n) is 3.81. The van der Waals surface area contributed by atoms with Gasteiger partial charge in [-0.05, 0) is 50.6 Å². The van der Waals surface area contributed by atoms with Crippen LogP contribution < -0.4 is 5.32 Å². The second-order valence-corrected chi connectivity index (χ2v) is 5.75. The van der Waals surface area contributed by atoms with E-state index >= 15 is 0 Å². The first-order valence-corrected chi connectivity index (χ1v) is 6.22. The molecular weight excluding hydrogens is 172 g/mol. The summed E-state index contributed by atoms with van der Waals surface area (Å²) in [5.74, 6) is 2.90. The van der Waals surface area contributed by atoms with Gasteiger partial charge in [-0.3, -0.25) is 4.90 Å². The number of fused-ring (bicyclic) bond motifs is 1. The van der Waals surface area contributed by atoms with Crippen LogP contribution in [-0.2, 0) is 0 Å². The van der Waals surface area contributed by atoms with Crippen LogP contribution >= 0.6 is 0 Å². The molecule has 3 fully saturated rings. The van der Waals surface area contributed by atoms with Gasteiger partial charge < -0.3 is 5.32 Å². The van der Waals surface area contributed by atoms with Crippen molar-refractivity contribution in [2.75, 3.05) is 19.6 Å². The van der Waals surface area contributed by atoms with E-state index in [4.69, 9.17) is 0 Å². The summed E-state index contributed by atoms with van der Waals surface area (Å²) in [7, 11) is 0. The van der Waals surface area contributed by atoms with Gasteiger partial charge in [-0.2, -0.15) is 0 Å². The fraction of sp³-hybridized carbons (Fsp3) is 1.00. The Labute approximate surface area is 87.0 Å². The Morgan fingerprint density at radius 2 is 1.93 bits per heavy atom. The molecule has 0 bridgehead atoms. The van der Waals surface area contributed by atoms with Crippen molar-refractivity contribution in [2.45, 2.75) is 38.8 Å². The molecule has 2 heteroatoms. The molecule has 14 heavy (non-hydrogen) atoms. The van der Waals surface area contributed by atoms with E-state index in [1.165, 1.54) is 32.5 Å². The summed E-state index contributed by atoms with van der Waals surface area (Å²) < 4.78 is 0. The highest BCUT2D eigenvalue weighted by molar-refractivity contribution is 5.00. The Kier molecular flexibility index (Phi) is 2.10. The van der Waals surface area contributed by atoms with E-state index in [1.54, 1.807) is 0 Å². The van der Waals surface area contributed by atoms with Gasteiger partial charge in [0.1, 0.15) is 0 Å². The zero-order valence-corrected chi connectivity index (χ0v) is 9.37. The molecule has 1 aliphatic carbocycles. The molecule has 2 nitrogen and oxygen atoms in total. The molecule has 1 N–H and O–H groups in total. The van der Waals surface area contributed by atoms with E-state index in [-0.39, 0.29) is 0 Å². The van der Waals surface area contributed by atoms with Crippen LogP contribution in [0.4, 0.5) is 0 Å². The molecule has 3 atom stereocenters. The summed E-state index contributed by atoms with van der Waals surface area (Å²) in [5.41, 5.74) is 0. The number of rotatable bonds is 1. The van der Waals surface area contributed by atoms with Crippen LogP contribution in [0.3, 0.4) is 0 Å². The molecule has 0 spiro atoms. The third-order valence-corrected chi connectivity index (χ3v) is 4.80. The molecule has 0 aromatic carbocycles. The summed E-state index contributed by atoms with van der Waals surface area (Å²) in [4.78, 5) is 2.80. The molecule has 0 aromatic rings. The Morgan fingerprint density at radius 1 is 1.14 bits per heavy atom. The molecule has 3 unspecified atom stereocenters. The van der Waals surface area contributed by atoms with Crippen molar-refractivity contribution < 1.29 is 0 Å². The van der Waals surface area contributed by atoms with Crippen LogP contribution in [0, 0.1) is 17.8 Å². The lowest BCUT2D eigenvalue weighted by Crippen LogP contribution is -2.47. The summed E-state index contributed by atoms with van der Waals surface area (Å²) in [6, 6.07) is 1.78. The van der Waals surface area contributed by atoms with Crippen LogP contribution in [0.5, 0.6) is 0 Å². The van der Waals surface area contributed by atoms with Gasteiger partial charge in [-0.1, -0.05) is 6.92 Å². The van der Waals surface area contributed by atoms with Gasteiger partial charge >= 0.3 is 0 Å². The number of hydrogen-bond acceptors (Lipinski definition) is 2. The molecule has 0 aromatic heterocycles. The van der Waals surface area contributed by atoms with Gasteiger partial charge in [0.25, 0.3) is 0 Å². The van der Waals surface area contributed by atoms with Crippen molar-refractivity contribution in [3.05, 3.63) is 0 Å². The highest BCUT2D eigenvalue weighted by Gasteiger charge is 2.46. The van der Waals surface area contributed by atoms with Gasteiger partial charge in [0, 0.05) is 18.6 Å². The summed E-state index contributed by atoms with van der Waals surface area (Å²) in [5, 5.41) is 3.53. The van der Waals surface area contributed by atoms with Gasteiger partial charge in [0.05, 0.1) is 0 Å². The molecule has 3 rings (SSSR count). The lowest BCUT2D eigenvalue weighted by atomic mass is 9.80. The number of nitrogens with one attached hydrogen (secondary N) is 1. The smallest absolute Gasteiger partial charge is 0.0114 e. The van der Waals surface area contributed by atoms with Gasteiger partial charge in [-0.25, -0.2) is 0 Å². The number of nitrogens with zero attached hydrogens (tertiary/aromatic N) is 1. The van der Waals surface area contributed by atoms with Crippen molar-refractivity contribution in [3.8, 4) is 0 Å². The van der Waals surface area contributed by atoms with Crippen molar-refractivity contribution >= 4 is 0 Å². The molecular formula is C12H22N2. The van der Waals surface area contributed by atoms with Gasteiger partial charge in [0.2, 0.25) is 0 Å². The Balaban J connectivity index is 1.66. The Morgan fingerprint density at radius 3 is 2.57 bits per heavy atom. The first kappa shape index (κ1) is 9.17. The first-order chi connectivity index (χ1) is 6.75. The third-order valence-electron chi connectivity index (χ3n) is 4.80. The lowest BCUT2D eigenvalue weighted by molar-refractivity contribution is 0.0712. The van der Waals surface area contributed by atoms with Gasteiger partial charge in [0.15, 0.2) is 0 Å². The van der Waals surface area contributed by atoms with Gasteiger partial charge in [-0.15, -0.1) is 0 Å². The van der Waals surface area contributed by atoms with E-state index < -0.39 is 0 Å². The first-order valence-electron chi connectivity index (χ1n) is 6.22. The summed E-state index contributed by atoms with van der Waals surface area (Å²) in [6.45, 7) is 8.74. The van der Waals surface area contributed by atoms with Crippen molar-refractivity contribution in [1.82, 2.24) is 10.2 Å². The Hall–Kier alpha value is -0.0800. The van der Waals surface area contributed by atoms with E-state index in [2.05, 4.69) is 24.1 Å². The van der Waals surface area contributed by atoms with Crippen molar-refractivity contribution in [2.24, 2.45) is 17.8 Å². The van der Waals surface area contributed by atoms with Crippen LogP contribution in [0.2, 0.25) is 0 Å². The van der Waals surface area contributed by atoms with Crippen molar-refractivity contribution in [3.63, 3.8) is 0 Å². The fourth-order valence-corrected chi connectivity index (χ4v) is 3.81. The van der Waals surface area contributed by atoms with E-state index in [0.29, 0.717) is 0 Å². The second-order valence-electron chi connectivity index (χ2n) is 5.75. The lowest BCUT2D eigenvalue weighted by Gasteiger charge is -2.42. The molecule has 2 aliphatic heterocycles. The maximum Gasteiger partial charge on any atom is 0.0114 e. The predicted molar refractivity (Wildman–Crippen MR) is 58.2 cm³/mol. The summed E-state index contributed by atoms with van der Waals surface area (Å²) in [6.07, 6.45) is 2.91. The topological polar surface area (TPSA) is 15.3 Å². The van der Waals surface area contributed by atoms with Crippen LogP contribution in [0.1, 0.15) is 26.7 Å². The monoisotopic (exact) mass is 194 g/mol. The highest BCUT2D eigenvalue weighted by Crippen LogP contribution is 2.40. The minimum absolute atomic E-state index is 0.840. The quantitative estimate of drug-likeness (QED) is 0.677. The molecule has 0 radical (unpaired) electrons. The van der Waals surface area contributed by atoms with E-state index in [9.17, 15) is 0 Å². The molecule has 3 aliphatic rings. The minimum atomic E-state index is 0.840. The largest absolute Gasteiger partial charge is 0.316 e. The maximum absolute atomic E-state index is 3.53. The van der Waals surface area contributed by atoms with Crippen LogP contribution in [-0.4, -0.2) is 36.6 Å². The van der Waals surface area contributed by atoms with E-state index in [1.807, 2.05) is 0 Å². The Bertz CT molecular complexity index is 222. The van der Waals surface area contributed by atoms with E-state index in [0.717, 1.165) is 29.8 Å². The highest BCUT2D eigenvalue weighted by atomic mass is 15.2. The predicted octanol–water partition coefficient (Wildman–Crippen LogP) is 1.32. The van der Waals surface area contributed by atoms with Crippen LogP contribution in [0.15, 0.2) is 0 Å². The normalized spacial score (nSPS) is 53.1. The summed E-state index contributed by atoms with van der Waals surface area (Å²) >= 11 is 0. The number of hydrogen-bond donors (Lipinski definition) is 1. The number of likely N-dealkylation sites (tertiary alicyclic amines) is 1. The maximum atomic E-state index is 3.53. The standard InChI is InChI=1S/C12H22N2/c1-8-3-11(4-8)14-7-10-5-13-6-12(10)9(14)2/h8-13H,3-7H2,1-2H3.